The van der Waals surface area contributed by atoms with E-state index in [1.807, 2.05) is 0 Å². The van der Waals surface area contributed by atoms with E-state index in [2.05, 4.69) is 51.0 Å². The van der Waals surface area contributed by atoms with Gasteiger partial charge in [0.05, 0.1) is 5.41 Å². The largest absolute Gasteiger partial charge is 0.492 e. The van der Waals surface area contributed by atoms with Gasteiger partial charge >= 0.3 is 0 Å². The molecular weight excluding hydrogens is 184 g/mol. The van der Waals surface area contributed by atoms with Crippen molar-refractivity contribution in [2.75, 3.05) is 6.61 Å². The van der Waals surface area contributed by atoms with Gasteiger partial charge in [0, 0.05) is 0 Å². The van der Waals surface area contributed by atoms with Gasteiger partial charge in [-0.1, -0.05) is 30.9 Å². The molecule has 1 heteroatoms. The smallest absolute Gasteiger partial charge is 0.118 e. The predicted octanol–water partition coefficient (Wildman–Crippen LogP) is 3.78. The quantitative estimate of drug-likeness (QED) is 0.588. The highest BCUT2D eigenvalue weighted by Gasteiger charge is 2.36. The lowest BCUT2D eigenvalue weighted by molar-refractivity contribution is 0.198. The third-order valence-electron chi connectivity index (χ3n) is 2.93. The van der Waals surface area contributed by atoms with Gasteiger partial charge in [0.2, 0.25) is 0 Å². The number of rotatable bonds is 1. The molecule has 0 aromatic rings. The summed E-state index contributed by atoms with van der Waals surface area (Å²) in [4.78, 5) is 0. The Bertz CT molecular complexity index is 333. The molecule has 2 aliphatic rings. The maximum atomic E-state index is 5.58. The van der Waals surface area contributed by atoms with Gasteiger partial charge in [-0.2, -0.15) is 0 Å². The molecule has 15 heavy (non-hydrogen) atoms. The van der Waals surface area contributed by atoms with Crippen molar-refractivity contribution in [3.05, 3.63) is 61.4 Å². The zero-order valence-corrected chi connectivity index (χ0v) is 9.33. The van der Waals surface area contributed by atoms with Gasteiger partial charge < -0.3 is 4.74 Å². The highest BCUT2D eigenvalue weighted by molar-refractivity contribution is 5.36. The molecule has 0 amide bonds. The topological polar surface area (TPSA) is 9.23 Å². The Hall–Kier alpha value is -1.50. The highest BCUT2D eigenvalue weighted by Crippen LogP contribution is 2.43. The maximum Gasteiger partial charge on any atom is 0.118 e. The molecule has 0 aromatic heterocycles. The molecule has 80 valence electrons. The van der Waals surface area contributed by atoms with Crippen LogP contribution in [-0.4, -0.2) is 6.61 Å². The number of hydrogen-bond acceptors (Lipinski definition) is 1. The molecule has 1 nitrogen and oxygen atoms in total. The second kappa shape index (κ2) is 4.83. The molecule has 0 bridgehead atoms. The van der Waals surface area contributed by atoms with Gasteiger partial charge in [-0.25, -0.2) is 0 Å². The van der Waals surface area contributed by atoms with Crippen LogP contribution in [0.25, 0.3) is 0 Å². The number of ether oxygens (including phenoxy) is 1. The minimum atomic E-state index is 0.123. The van der Waals surface area contributed by atoms with E-state index < -0.39 is 0 Å². The molecule has 1 aliphatic carbocycles. The SMILES string of the molecule is C=C.C=CC1=C(C)C2(C=CC=CC2)CO1. The Morgan fingerprint density at radius 1 is 1.40 bits per heavy atom. The summed E-state index contributed by atoms with van der Waals surface area (Å²) in [5, 5.41) is 0. The van der Waals surface area contributed by atoms with E-state index >= 15 is 0 Å². The van der Waals surface area contributed by atoms with Crippen LogP contribution in [0.15, 0.2) is 61.4 Å². The molecule has 0 saturated heterocycles. The first kappa shape index (κ1) is 11.6. The molecule has 0 fully saturated rings. The Morgan fingerprint density at radius 2 is 2.13 bits per heavy atom. The van der Waals surface area contributed by atoms with E-state index in [4.69, 9.17) is 4.74 Å². The van der Waals surface area contributed by atoms with Crippen LogP contribution in [0.5, 0.6) is 0 Å². The van der Waals surface area contributed by atoms with Crippen molar-refractivity contribution in [3.63, 3.8) is 0 Å². The highest BCUT2D eigenvalue weighted by atomic mass is 16.5. The summed E-state index contributed by atoms with van der Waals surface area (Å²) in [7, 11) is 0. The van der Waals surface area contributed by atoms with Crippen molar-refractivity contribution in [1.82, 2.24) is 0 Å². The van der Waals surface area contributed by atoms with Crippen molar-refractivity contribution in [2.24, 2.45) is 5.41 Å². The molecule has 0 radical (unpaired) electrons. The molecule has 1 spiro atoms. The van der Waals surface area contributed by atoms with Crippen LogP contribution < -0.4 is 0 Å². The Labute approximate surface area is 92.1 Å². The van der Waals surface area contributed by atoms with Crippen LogP contribution in [0.3, 0.4) is 0 Å². The lowest BCUT2D eigenvalue weighted by Gasteiger charge is -2.25. The van der Waals surface area contributed by atoms with E-state index in [1.54, 1.807) is 6.08 Å². The summed E-state index contributed by atoms with van der Waals surface area (Å²) >= 11 is 0. The van der Waals surface area contributed by atoms with Crippen molar-refractivity contribution in [2.45, 2.75) is 13.3 Å². The van der Waals surface area contributed by atoms with Gasteiger partial charge in [-0.15, -0.1) is 13.2 Å². The monoisotopic (exact) mass is 202 g/mol. The van der Waals surface area contributed by atoms with Gasteiger partial charge in [0.1, 0.15) is 12.4 Å². The summed E-state index contributed by atoms with van der Waals surface area (Å²) in [6.45, 7) is 12.6. The first-order valence-corrected chi connectivity index (χ1v) is 5.09. The molecule has 0 saturated carbocycles. The first-order valence-electron chi connectivity index (χ1n) is 5.09. The van der Waals surface area contributed by atoms with Crippen LogP contribution in [-0.2, 0) is 4.74 Å². The molecule has 2 rings (SSSR count). The summed E-state index contributed by atoms with van der Waals surface area (Å²) in [6, 6.07) is 0. The Morgan fingerprint density at radius 3 is 2.60 bits per heavy atom. The van der Waals surface area contributed by atoms with Crippen LogP contribution >= 0.6 is 0 Å². The summed E-state index contributed by atoms with van der Waals surface area (Å²) in [5.74, 6) is 0.958. The average Bonchev–Trinajstić information content (AvgIpc) is 2.61. The molecular formula is C14H18O. The van der Waals surface area contributed by atoms with Gasteiger partial charge in [-0.05, 0) is 25.0 Å². The zero-order valence-electron chi connectivity index (χ0n) is 9.33. The van der Waals surface area contributed by atoms with Gasteiger partial charge in [-0.3, -0.25) is 0 Å². The zero-order chi connectivity index (χ0) is 11.3. The van der Waals surface area contributed by atoms with E-state index in [1.165, 1.54) is 5.57 Å². The maximum absolute atomic E-state index is 5.58. The van der Waals surface area contributed by atoms with E-state index in [-0.39, 0.29) is 5.41 Å². The Kier molecular flexibility index (Phi) is 3.73. The fourth-order valence-electron chi connectivity index (χ4n) is 1.93. The minimum absolute atomic E-state index is 0.123. The lowest BCUT2D eigenvalue weighted by atomic mass is 9.77. The van der Waals surface area contributed by atoms with Gasteiger partial charge in [0.25, 0.3) is 0 Å². The van der Waals surface area contributed by atoms with Gasteiger partial charge in [0.15, 0.2) is 0 Å². The molecule has 1 heterocycles. The van der Waals surface area contributed by atoms with Crippen molar-refractivity contribution >= 4 is 0 Å². The van der Waals surface area contributed by atoms with Crippen molar-refractivity contribution in [1.29, 1.82) is 0 Å². The molecule has 0 aromatic carbocycles. The average molecular weight is 202 g/mol. The third-order valence-corrected chi connectivity index (χ3v) is 2.93. The molecule has 1 unspecified atom stereocenters. The molecule has 1 aliphatic heterocycles. The van der Waals surface area contributed by atoms with E-state index in [0.717, 1.165) is 18.8 Å². The van der Waals surface area contributed by atoms with Crippen LogP contribution in [0, 0.1) is 5.41 Å². The van der Waals surface area contributed by atoms with E-state index in [0.29, 0.717) is 0 Å². The van der Waals surface area contributed by atoms with Crippen LogP contribution in [0.2, 0.25) is 0 Å². The lowest BCUT2D eigenvalue weighted by Crippen LogP contribution is -2.21. The molecule has 1 atom stereocenters. The van der Waals surface area contributed by atoms with E-state index in [9.17, 15) is 0 Å². The number of hydrogen-bond donors (Lipinski definition) is 0. The standard InChI is InChI=1S/C12H14O.C2H4/c1-3-11-10(2)12(9-13-11)7-5-4-6-8-12;1-2/h3-7H,1,8-9H2,2H3;1-2H2. The second-order valence-electron chi connectivity index (χ2n) is 3.63. The van der Waals surface area contributed by atoms with Crippen molar-refractivity contribution in [3.8, 4) is 0 Å². The first-order chi connectivity index (χ1) is 7.28. The summed E-state index contributed by atoms with van der Waals surface area (Å²) in [6.07, 6.45) is 11.5. The second-order valence-corrected chi connectivity index (χ2v) is 3.63. The third kappa shape index (κ3) is 1.96. The fourth-order valence-corrected chi connectivity index (χ4v) is 1.93. The normalized spacial score (nSPS) is 27.3. The predicted molar refractivity (Wildman–Crippen MR) is 65.4 cm³/mol. The summed E-state index contributed by atoms with van der Waals surface area (Å²) in [5.41, 5.74) is 1.43. The number of allylic oxidation sites excluding steroid dienone is 4. The fraction of sp³-hybridized carbons (Fsp3) is 0.286. The van der Waals surface area contributed by atoms with Crippen LogP contribution in [0.1, 0.15) is 13.3 Å². The van der Waals surface area contributed by atoms with Crippen LogP contribution in [0.4, 0.5) is 0 Å². The Balaban J connectivity index is 0.000000531. The molecule has 0 N–H and O–H groups in total. The van der Waals surface area contributed by atoms with Crippen molar-refractivity contribution < 1.29 is 4.74 Å². The minimum Gasteiger partial charge on any atom is -0.492 e. The summed E-state index contributed by atoms with van der Waals surface area (Å²) < 4.78 is 5.58.